The van der Waals surface area contributed by atoms with E-state index < -0.39 is 0 Å². The van der Waals surface area contributed by atoms with Crippen molar-refractivity contribution in [2.75, 3.05) is 26.4 Å². The van der Waals surface area contributed by atoms with E-state index in [4.69, 9.17) is 9.47 Å². The van der Waals surface area contributed by atoms with E-state index in [0.717, 1.165) is 37.4 Å². The maximum absolute atomic E-state index is 5.56. The van der Waals surface area contributed by atoms with Crippen LogP contribution in [0, 0.1) is 0 Å². The lowest BCUT2D eigenvalue weighted by molar-refractivity contribution is 0.100. The van der Waals surface area contributed by atoms with Crippen molar-refractivity contribution in [2.24, 2.45) is 0 Å². The van der Waals surface area contributed by atoms with Gasteiger partial charge in [0.2, 0.25) is 0 Å². The van der Waals surface area contributed by atoms with Gasteiger partial charge in [0.25, 0.3) is 0 Å². The smallest absolute Gasteiger partial charge is 0.137 e. The number of rotatable bonds is 10. The fourth-order valence-corrected chi connectivity index (χ4v) is 1.66. The van der Waals surface area contributed by atoms with Crippen LogP contribution in [0.5, 0.6) is 5.75 Å². The highest BCUT2D eigenvalue weighted by atomic mass is 16.5. The summed E-state index contributed by atoms with van der Waals surface area (Å²) in [6, 6.07) is 4.25. The molecular weight excluding hydrogens is 240 g/mol. The Bertz CT molecular complexity index is 327. The SMILES string of the molecule is CCCNC(C)c1ccc(OCCOCCC)cn1. The molecule has 0 saturated heterocycles. The lowest BCUT2D eigenvalue weighted by Gasteiger charge is -2.13. The highest BCUT2D eigenvalue weighted by molar-refractivity contribution is 5.21. The van der Waals surface area contributed by atoms with Crippen LogP contribution in [0.1, 0.15) is 45.3 Å². The summed E-state index contributed by atoms with van der Waals surface area (Å²) in [5.74, 6) is 0.798. The normalized spacial score (nSPS) is 12.4. The predicted octanol–water partition coefficient (Wildman–Crippen LogP) is 2.95. The van der Waals surface area contributed by atoms with Gasteiger partial charge in [-0.2, -0.15) is 0 Å². The van der Waals surface area contributed by atoms with Crippen molar-refractivity contribution in [3.63, 3.8) is 0 Å². The van der Waals surface area contributed by atoms with Crippen LogP contribution in [0.25, 0.3) is 0 Å². The zero-order valence-corrected chi connectivity index (χ0v) is 12.3. The molecule has 1 atom stereocenters. The van der Waals surface area contributed by atoms with Gasteiger partial charge in [-0.1, -0.05) is 13.8 Å². The molecule has 1 aromatic heterocycles. The summed E-state index contributed by atoms with van der Waals surface area (Å²) in [5.41, 5.74) is 1.04. The number of ether oxygens (including phenoxy) is 2. The Morgan fingerprint density at radius 2 is 2.00 bits per heavy atom. The summed E-state index contributed by atoms with van der Waals surface area (Å²) >= 11 is 0. The van der Waals surface area contributed by atoms with Crippen LogP contribution >= 0.6 is 0 Å². The molecule has 19 heavy (non-hydrogen) atoms. The highest BCUT2D eigenvalue weighted by Gasteiger charge is 2.05. The Labute approximate surface area is 116 Å². The topological polar surface area (TPSA) is 43.4 Å². The first-order valence-electron chi connectivity index (χ1n) is 7.17. The lowest BCUT2D eigenvalue weighted by Crippen LogP contribution is -2.20. The van der Waals surface area contributed by atoms with Crippen LogP contribution in [0.3, 0.4) is 0 Å². The standard InChI is InChI=1S/C15H26N2O2/c1-4-8-16-13(3)15-7-6-14(12-17-15)19-11-10-18-9-5-2/h6-7,12-13,16H,4-5,8-11H2,1-3H3. The zero-order valence-electron chi connectivity index (χ0n) is 12.3. The van der Waals surface area contributed by atoms with Gasteiger partial charge in [-0.05, 0) is 38.4 Å². The maximum atomic E-state index is 5.56. The van der Waals surface area contributed by atoms with Gasteiger partial charge < -0.3 is 14.8 Å². The molecule has 1 unspecified atom stereocenters. The van der Waals surface area contributed by atoms with E-state index in [1.807, 2.05) is 12.1 Å². The fraction of sp³-hybridized carbons (Fsp3) is 0.667. The summed E-state index contributed by atoms with van der Waals surface area (Å²) < 4.78 is 10.9. The van der Waals surface area contributed by atoms with Crippen LogP contribution in [0.4, 0.5) is 0 Å². The average Bonchev–Trinajstić information content (AvgIpc) is 2.45. The summed E-state index contributed by atoms with van der Waals surface area (Å²) in [6.45, 7) is 9.38. The number of hydrogen-bond acceptors (Lipinski definition) is 4. The van der Waals surface area contributed by atoms with Crippen molar-refractivity contribution in [2.45, 2.75) is 39.7 Å². The first kappa shape index (κ1) is 15.9. The molecule has 0 spiro atoms. The first-order valence-corrected chi connectivity index (χ1v) is 7.17. The van der Waals surface area contributed by atoms with Crippen molar-refractivity contribution in [3.05, 3.63) is 24.0 Å². The fourth-order valence-electron chi connectivity index (χ4n) is 1.66. The molecule has 1 aromatic rings. The predicted molar refractivity (Wildman–Crippen MR) is 77.6 cm³/mol. The minimum atomic E-state index is 0.280. The molecule has 0 aliphatic heterocycles. The van der Waals surface area contributed by atoms with Gasteiger partial charge >= 0.3 is 0 Å². The minimum absolute atomic E-state index is 0.280. The van der Waals surface area contributed by atoms with Gasteiger partial charge in [-0.3, -0.25) is 4.98 Å². The summed E-state index contributed by atoms with van der Waals surface area (Å²) in [6.07, 6.45) is 3.95. The average molecular weight is 266 g/mol. The zero-order chi connectivity index (χ0) is 13.9. The summed E-state index contributed by atoms with van der Waals surface area (Å²) in [4.78, 5) is 4.42. The molecule has 0 aliphatic rings. The highest BCUT2D eigenvalue weighted by Crippen LogP contribution is 2.14. The van der Waals surface area contributed by atoms with E-state index in [1.165, 1.54) is 0 Å². The Hall–Kier alpha value is -1.13. The minimum Gasteiger partial charge on any atom is -0.490 e. The Kier molecular flexibility index (Phi) is 8.18. The van der Waals surface area contributed by atoms with Crippen molar-refractivity contribution in [3.8, 4) is 5.75 Å². The molecule has 0 radical (unpaired) electrons. The van der Waals surface area contributed by atoms with Gasteiger partial charge in [-0.15, -0.1) is 0 Å². The molecule has 4 nitrogen and oxygen atoms in total. The molecule has 1 N–H and O–H groups in total. The van der Waals surface area contributed by atoms with Crippen LogP contribution in [-0.4, -0.2) is 31.3 Å². The second-order valence-corrected chi connectivity index (χ2v) is 4.56. The van der Waals surface area contributed by atoms with Crippen LogP contribution < -0.4 is 10.1 Å². The molecule has 0 bridgehead atoms. The molecule has 0 aromatic carbocycles. The quantitative estimate of drug-likeness (QED) is 0.661. The lowest BCUT2D eigenvalue weighted by atomic mass is 10.2. The van der Waals surface area contributed by atoms with Crippen molar-refractivity contribution in [1.82, 2.24) is 10.3 Å². The number of aromatic nitrogens is 1. The van der Waals surface area contributed by atoms with Gasteiger partial charge in [-0.25, -0.2) is 0 Å². The van der Waals surface area contributed by atoms with E-state index in [0.29, 0.717) is 13.2 Å². The van der Waals surface area contributed by atoms with Gasteiger partial charge in [0.05, 0.1) is 18.5 Å². The van der Waals surface area contributed by atoms with Crippen molar-refractivity contribution >= 4 is 0 Å². The van der Waals surface area contributed by atoms with Crippen molar-refractivity contribution in [1.29, 1.82) is 0 Å². The number of pyridine rings is 1. The number of nitrogens with one attached hydrogen (secondary N) is 1. The molecule has 0 amide bonds. The molecule has 0 fully saturated rings. The van der Waals surface area contributed by atoms with Crippen LogP contribution in [0.2, 0.25) is 0 Å². The van der Waals surface area contributed by atoms with Gasteiger partial charge in [0.1, 0.15) is 12.4 Å². The molecular formula is C15H26N2O2. The summed E-state index contributed by atoms with van der Waals surface area (Å²) in [5, 5.41) is 3.41. The van der Waals surface area contributed by atoms with Crippen molar-refractivity contribution < 1.29 is 9.47 Å². The largest absolute Gasteiger partial charge is 0.490 e. The molecule has 1 rings (SSSR count). The van der Waals surface area contributed by atoms with E-state index in [9.17, 15) is 0 Å². The Morgan fingerprint density at radius 1 is 1.16 bits per heavy atom. The third-order valence-corrected chi connectivity index (χ3v) is 2.75. The van der Waals surface area contributed by atoms with Crippen LogP contribution in [-0.2, 0) is 4.74 Å². The molecule has 108 valence electrons. The Balaban J connectivity index is 2.30. The maximum Gasteiger partial charge on any atom is 0.137 e. The van der Waals surface area contributed by atoms with Crippen LogP contribution in [0.15, 0.2) is 18.3 Å². The Morgan fingerprint density at radius 3 is 2.63 bits per heavy atom. The second-order valence-electron chi connectivity index (χ2n) is 4.56. The number of hydrogen-bond donors (Lipinski definition) is 1. The van der Waals surface area contributed by atoms with Gasteiger partial charge in [0.15, 0.2) is 0 Å². The summed E-state index contributed by atoms with van der Waals surface area (Å²) in [7, 11) is 0. The monoisotopic (exact) mass is 266 g/mol. The second kappa shape index (κ2) is 9.75. The first-order chi connectivity index (χ1) is 9.27. The van der Waals surface area contributed by atoms with E-state index in [-0.39, 0.29) is 6.04 Å². The van der Waals surface area contributed by atoms with Gasteiger partial charge in [0, 0.05) is 12.6 Å². The third kappa shape index (κ3) is 6.55. The third-order valence-electron chi connectivity index (χ3n) is 2.75. The molecule has 4 heteroatoms. The number of nitrogens with zero attached hydrogens (tertiary/aromatic N) is 1. The van der Waals surface area contributed by atoms with E-state index in [2.05, 4.69) is 31.1 Å². The molecule has 0 aliphatic carbocycles. The van der Waals surface area contributed by atoms with E-state index in [1.54, 1.807) is 6.20 Å². The molecule has 1 heterocycles. The molecule has 0 saturated carbocycles. The van der Waals surface area contributed by atoms with E-state index >= 15 is 0 Å².